The maximum absolute atomic E-state index is 13.5. The van der Waals surface area contributed by atoms with Crippen LogP contribution in [0.15, 0.2) is 47.0 Å². The topological polar surface area (TPSA) is 82.6 Å². The van der Waals surface area contributed by atoms with Gasteiger partial charge in [-0.25, -0.2) is 4.79 Å². The molecule has 2 aliphatic carbocycles. The molecule has 0 radical (unpaired) electrons. The van der Waals surface area contributed by atoms with Gasteiger partial charge in [0.1, 0.15) is 17.5 Å². The molecule has 3 aliphatic rings. The third-order valence-corrected chi connectivity index (χ3v) is 9.00. The maximum atomic E-state index is 13.5. The number of anilines is 2. The van der Waals surface area contributed by atoms with Crippen molar-refractivity contribution in [2.45, 2.75) is 90.8 Å². The number of likely N-dealkylation sites (tertiary alicyclic amines) is 1. The van der Waals surface area contributed by atoms with Gasteiger partial charge in [-0.2, -0.15) is 5.26 Å². The van der Waals surface area contributed by atoms with Crippen molar-refractivity contribution in [3.8, 4) is 17.2 Å². The molecular formula is C33H38N4O3. The first-order valence-electron chi connectivity index (χ1n) is 14.3. The van der Waals surface area contributed by atoms with E-state index in [4.69, 9.17) is 9.26 Å². The van der Waals surface area contributed by atoms with Crippen LogP contribution in [0.4, 0.5) is 16.2 Å². The van der Waals surface area contributed by atoms with E-state index in [0.717, 1.165) is 77.2 Å². The van der Waals surface area contributed by atoms with Gasteiger partial charge in [-0.1, -0.05) is 35.8 Å². The molecule has 2 heterocycles. The molecule has 1 unspecified atom stereocenters. The molecular weight excluding hydrogens is 500 g/mol. The molecule has 0 N–H and O–H groups in total. The van der Waals surface area contributed by atoms with E-state index in [-0.39, 0.29) is 23.1 Å². The van der Waals surface area contributed by atoms with Gasteiger partial charge < -0.3 is 14.2 Å². The van der Waals surface area contributed by atoms with E-state index in [2.05, 4.69) is 65.5 Å². The normalized spacial score (nSPS) is 20.3. The zero-order valence-corrected chi connectivity index (χ0v) is 24.4. The molecule has 0 bridgehead atoms. The second kappa shape index (κ2) is 9.12. The van der Waals surface area contributed by atoms with Crippen LogP contribution in [0.25, 0.3) is 11.1 Å². The predicted molar refractivity (Wildman–Crippen MR) is 154 cm³/mol. The lowest BCUT2D eigenvalue weighted by Gasteiger charge is -2.64. The van der Waals surface area contributed by atoms with Crippen molar-refractivity contribution < 1.29 is 14.1 Å². The molecule has 1 aromatic heterocycles. The van der Waals surface area contributed by atoms with Crippen LogP contribution in [0.1, 0.15) is 75.5 Å². The highest BCUT2D eigenvalue weighted by molar-refractivity contribution is 5.79. The summed E-state index contributed by atoms with van der Waals surface area (Å²) in [5.74, 6) is 0.781. The van der Waals surface area contributed by atoms with Gasteiger partial charge in [0.25, 0.3) is 0 Å². The van der Waals surface area contributed by atoms with Crippen LogP contribution >= 0.6 is 0 Å². The number of nitriles is 1. The first kappa shape index (κ1) is 26.4. The Morgan fingerprint density at radius 1 is 1.10 bits per heavy atom. The zero-order valence-electron chi connectivity index (χ0n) is 24.4. The van der Waals surface area contributed by atoms with Crippen LogP contribution in [-0.4, -0.2) is 34.5 Å². The number of rotatable bonds is 5. The summed E-state index contributed by atoms with van der Waals surface area (Å²) in [7, 11) is 0. The monoisotopic (exact) mass is 538 g/mol. The van der Waals surface area contributed by atoms with Crippen molar-refractivity contribution >= 4 is 17.5 Å². The fraction of sp³-hybridized carbons (Fsp3) is 0.485. The molecule has 7 nitrogen and oxygen atoms in total. The molecule has 1 aliphatic heterocycles. The second-order valence-corrected chi connectivity index (χ2v) is 13.0. The quantitative estimate of drug-likeness (QED) is 0.331. The second-order valence-electron chi connectivity index (χ2n) is 13.0. The number of ether oxygens (including phenoxy) is 1. The molecule has 2 saturated carbocycles. The van der Waals surface area contributed by atoms with Crippen molar-refractivity contribution in [1.29, 1.82) is 5.26 Å². The van der Waals surface area contributed by atoms with Gasteiger partial charge in [-0.15, -0.1) is 0 Å². The smallest absolute Gasteiger partial charge is 0.411 e. The maximum Gasteiger partial charge on any atom is 0.411 e. The molecule has 1 saturated heterocycles. The summed E-state index contributed by atoms with van der Waals surface area (Å²) < 4.78 is 11.4. The van der Waals surface area contributed by atoms with Gasteiger partial charge in [0.05, 0.1) is 17.2 Å². The highest BCUT2D eigenvalue weighted by atomic mass is 16.6. The first-order valence-corrected chi connectivity index (χ1v) is 14.3. The van der Waals surface area contributed by atoms with E-state index in [9.17, 15) is 10.1 Å². The Bertz CT molecular complexity index is 1480. The van der Waals surface area contributed by atoms with Gasteiger partial charge >= 0.3 is 6.09 Å². The average molecular weight is 539 g/mol. The summed E-state index contributed by atoms with van der Waals surface area (Å²) in [6.07, 6.45) is 4.67. The molecule has 40 heavy (non-hydrogen) atoms. The van der Waals surface area contributed by atoms with Crippen LogP contribution in [0, 0.1) is 37.5 Å². The summed E-state index contributed by atoms with van der Waals surface area (Å²) in [6, 6.07) is 17.4. The van der Waals surface area contributed by atoms with Crippen molar-refractivity contribution in [2.24, 2.45) is 5.41 Å². The number of carbonyl (C=O) groups excluding carboxylic acids is 1. The average Bonchev–Trinajstić information content (AvgIpc) is 3.59. The Labute approximate surface area is 236 Å². The number of carbonyl (C=O) groups is 1. The van der Waals surface area contributed by atoms with Gasteiger partial charge in [-0.3, -0.25) is 4.90 Å². The summed E-state index contributed by atoms with van der Waals surface area (Å²) >= 11 is 0. The third-order valence-electron chi connectivity index (χ3n) is 9.00. The van der Waals surface area contributed by atoms with Crippen LogP contribution in [0.3, 0.4) is 0 Å². The lowest BCUT2D eigenvalue weighted by atomic mass is 9.60. The lowest BCUT2D eigenvalue weighted by molar-refractivity contribution is -0.117. The van der Waals surface area contributed by atoms with Gasteiger partial charge in [0.15, 0.2) is 0 Å². The molecule has 3 aromatic rings. The standard InChI is InChI=1S/C33H38N4O3/c1-21-8-9-24(28-22(2)35-40-23(28)3)18-27(21)37(26-12-10-25(11-13-26)32(19-34)16-17-32)29-33(14-7-15-33)20-36(29)30(38)39-31(4,5)6/h8-13,18,29H,7,14-17,20H2,1-6H3. The SMILES string of the molecule is Cc1ccc(-c2c(C)noc2C)cc1N(c1ccc(C2(C#N)CC2)cc1)C1N(C(=O)OC(C)(C)C)CC12CCC2. The molecule has 3 fully saturated rings. The van der Waals surface area contributed by atoms with E-state index in [1.807, 2.05) is 39.5 Å². The number of aryl methyl sites for hydroxylation is 3. The number of hydrogen-bond acceptors (Lipinski definition) is 6. The summed E-state index contributed by atoms with van der Waals surface area (Å²) in [5.41, 5.74) is 6.19. The Hall–Kier alpha value is -3.79. The minimum Gasteiger partial charge on any atom is -0.444 e. The van der Waals surface area contributed by atoms with E-state index in [0.29, 0.717) is 6.54 Å². The van der Waals surface area contributed by atoms with E-state index >= 15 is 0 Å². The Morgan fingerprint density at radius 3 is 2.33 bits per heavy atom. The van der Waals surface area contributed by atoms with Crippen molar-refractivity contribution in [3.05, 3.63) is 65.0 Å². The highest BCUT2D eigenvalue weighted by Crippen LogP contribution is 2.57. The molecule has 6 rings (SSSR count). The van der Waals surface area contributed by atoms with E-state index in [1.54, 1.807) is 0 Å². The molecule has 7 heteroatoms. The minimum absolute atomic E-state index is 0.0193. The number of benzene rings is 2. The summed E-state index contributed by atoms with van der Waals surface area (Å²) in [6.45, 7) is 12.5. The van der Waals surface area contributed by atoms with Crippen molar-refractivity contribution in [3.63, 3.8) is 0 Å². The number of nitrogens with zero attached hydrogens (tertiary/aromatic N) is 4. The fourth-order valence-electron chi connectivity index (χ4n) is 6.53. The van der Waals surface area contributed by atoms with Crippen molar-refractivity contribution in [1.82, 2.24) is 10.1 Å². The zero-order chi connectivity index (χ0) is 28.4. The summed E-state index contributed by atoms with van der Waals surface area (Å²) in [5, 5.41) is 14.0. The van der Waals surface area contributed by atoms with Gasteiger partial charge in [-0.05, 0) is 102 Å². The highest BCUT2D eigenvalue weighted by Gasteiger charge is 2.61. The fourth-order valence-corrected chi connectivity index (χ4v) is 6.53. The van der Waals surface area contributed by atoms with Gasteiger partial charge in [0, 0.05) is 28.9 Å². The van der Waals surface area contributed by atoms with Crippen molar-refractivity contribution in [2.75, 3.05) is 11.4 Å². The minimum atomic E-state index is -0.578. The van der Waals surface area contributed by atoms with E-state index < -0.39 is 5.60 Å². The predicted octanol–water partition coefficient (Wildman–Crippen LogP) is 7.71. The number of hydrogen-bond donors (Lipinski definition) is 0. The molecule has 208 valence electrons. The van der Waals surface area contributed by atoms with Crippen LogP contribution in [0.5, 0.6) is 0 Å². The van der Waals surface area contributed by atoms with Gasteiger partial charge in [0.2, 0.25) is 0 Å². The molecule has 2 aromatic carbocycles. The summed E-state index contributed by atoms with van der Waals surface area (Å²) in [4.78, 5) is 17.8. The van der Waals surface area contributed by atoms with Crippen LogP contribution < -0.4 is 4.90 Å². The first-order chi connectivity index (χ1) is 19.0. The molecule has 1 atom stereocenters. The van der Waals surface area contributed by atoms with E-state index in [1.165, 1.54) is 0 Å². The number of amides is 1. The molecule has 1 amide bonds. The Kier molecular flexibility index (Phi) is 6.03. The van der Waals surface area contributed by atoms with Crippen LogP contribution in [0.2, 0.25) is 0 Å². The largest absolute Gasteiger partial charge is 0.444 e. The van der Waals surface area contributed by atoms with Crippen LogP contribution in [-0.2, 0) is 10.2 Å². The molecule has 1 spiro atoms. The Morgan fingerprint density at radius 2 is 1.80 bits per heavy atom. The third kappa shape index (κ3) is 4.25. The number of aromatic nitrogens is 1. The Balaban J connectivity index is 1.48. The lowest BCUT2D eigenvalue weighted by Crippen LogP contribution is -2.74.